The second-order valence-corrected chi connectivity index (χ2v) is 8.84. The van der Waals surface area contributed by atoms with E-state index in [-0.39, 0.29) is 24.1 Å². The lowest BCUT2D eigenvalue weighted by Crippen LogP contribution is -2.26. The molecule has 0 saturated heterocycles. The summed E-state index contributed by atoms with van der Waals surface area (Å²) in [6.45, 7) is 1.83. The summed E-state index contributed by atoms with van der Waals surface area (Å²) in [4.78, 5) is 27.9. The number of Topliss-reactive ketones (excluding diaryl/α,β-unsaturated/α-hetero) is 1. The van der Waals surface area contributed by atoms with Crippen LogP contribution in [0.15, 0.2) is 39.8 Å². The molecule has 154 valence electrons. The quantitative estimate of drug-likeness (QED) is 0.354. The monoisotopic (exact) mass is 412 g/mol. The predicted molar refractivity (Wildman–Crippen MR) is 114 cm³/mol. The second-order valence-electron chi connectivity index (χ2n) is 7.81. The van der Waals surface area contributed by atoms with Crippen LogP contribution in [0.3, 0.4) is 0 Å². The van der Waals surface area contributed by atoms with Crippen LogP contribution in [0, 0.1) is 23.2 Å². The number of carbonyl (C=O) groups excluding carboxylic acids is 2. The van der Waals surface area contributed by atoms with Gasteiger partial charge in [0.1, 0.15) is 16.7 Å². The lowest BCUT2D eigenvalue weighted by Gasteiger charge is -2.27. The highest BCUT2D eigenvalue weighted by molar-refractivity contribution is 8.03. The van der Waals surface area contributed by atoms with Crippen LogP contribution in [0.2, 0.25) is 0 Å². The van der Waals surface area contributed by atoms with Gasteiger partial charge in [0.25, 0.3) is 0 Å². The van der Waals surface area contributed by atoms with Gasteiger partial charge in [-0.05, 0) is 43.7 Å². The van der Waals surface area contributed by atoms with E-state index in [4.69, 9.17) is 4.74 Å². The van der Waals surface area contributed by atoms with Crippen molar-refractivity contribution >= 4 is 29.2 Å². The lowest BCUT2D eigenvalue weighted by molar-refractivity contribution is -0.152. The molecule has 0 amide bonds. The molecule has 1 heterocycles. The van der Waals surface area contributed by atoms with Crippen molar-refractivity contribution in [3.63, 3.8) is 0 Å². The van der Waals surface area contributed by atoms with Gasteiger partial charge < -0.3 is 9.64 Å². The maximum absolute atomic E-state index is 12.6. The fraction of sp³-hybridized carbons (Fsp3) is 0.522. The summed E-state index contributed by atoms with van der Waals surface area (Å²) in [6, 6.07) is 9.77. The molecular weight excluding hydrogens is 384 g/mol. The zero-order valence-corrected chi connectivity index (χ0v) is 18.0. The first kappa shape index (κ1) is 21.4. The van der Waals surface area contributed by atoms with E-state index in [1.807, 2.05) is 42.3 Å². The Labute approximate surface area is 177 Å². The Morgan fingerprint density at radius 3 is 2.62 bits per heavy atom. The third-order valence-electron chi connectivity index (χ3n) is 5.83. The van der Waals surface area contributed by atoms with Crippen LogP contribution in [0.1, 0.15) is 51.9 Å². The van der Waals surface area contributed by atoms with Crippen molar-refractivity contribution in [2.45, 2.75) is 56.8 Å². The normalized spacial score (nSPS) is 22.6. The average molecular weight is 413 g/mol. The van der Waals surface area contributed by atoms with E-state index >= 15 is 0 Å². The van der Waals surface area contributed by atoms with Gasteiger partial charge in [0.05, 0.1) is 11.6 Å². The van der Waals surface area contributed by atoms with Gasteiger partial charge in [-0.3, -0.25) is 9.59 Å². The fourth-order valence-electron chi connectivity index (χ4n) is 4.06. The minimum Gasteiger partial charge on any atom is -0.457 e. The van der Waals surface area contributed by atoms with Crippen molar-refractivity contribution in [1.82, 2.24) is 0 Å². The molecule has 3 rings (SSSR count). The first-order valence-electron chi connectivity index (χ1n) is 10.4. The van der Waals surface area contributed by atoms with E-state index < -0.39 is 5.78 Å². The number of rotatable bonds is 7. The largest absolute Gasteiger partial charge is 0.457 e. The molecule has 1 fully saturated rings. The third kappa shape index (κ3) is 5.02. The zero-order valence-electron chi connectivity index (χ0n) is 17.1. The molecule has 1 aliphatic carbocycles. The fourth-order valence-corrected chi connectivity index (χ4v) is 5.22. The number of anilines is 1. The molecule has 1 aliphatic heterocycles. The van der Waals surface area contributed by atoms with Crippen LogP contribution in [-0.4, -0.2) is 25.4 Å². The molecule has 2 aliphatic rings. The molecule has 0 radical (unpaired) electrons. The molecule has 0 aromatic heterocycles. The van der Waals surface area contributed by atoms with Crippen LogP contribution in [-0.2, 0) is 14.3 Å². The molecule has 0 spiro atoms. The Hall–Kier alpha value is -2.26. The van der Waals surface area contributed by atoms with Gasteiger partial charge in [0.2, 0.25) is 5.78 Å². The number of ether oxygens (including phenoxy) is 1. The summed E-state index contributed by atoms with van der Waals surface area (Å²) in [7, 11) is 1.84. The number of esters is 1. The number of hydrogen-bond acceptors (Lipinski definition) is 6. The van der Waals surface area contributed by atoms with Gasteiger partial charge >= 0.3 is 5.97 Å². The lowest BCUT2D eigenvalue weighted by atomic mass is 9.80. The first-order valence-corrected chi connectivity index (χ1v) is 11.2. The van der Waals surface area contributed by atoms with Crippen molar-refractivity contribution in [2.24, 2.45) is 11.8 Å². The SMILES string of the molecule is CCCCC1CCC(C(=O)OCC(=O)/C(C#N)=C2\Sc3ccccc3N2C)CC1. The van der Waals surface area contributed by atoms with Crippen molar-refractivity contribution in [2.75, 3.05) is 18.6 Å². The van der Waals surface area contributed by atoms with Crippen LogP contribution >= 0.6 is 11.8 Å². The number of nitrogens with zero attached hydrogens (tertiary/aromatic N) is 2. The smallest absolute Gasteiger partial charge is 0.309 e. The Morgan fingerprint density at radius 2 is 1.97 bits per heavy atom. The number of thioether (sulfide) groups is 1. The highest BCUT2D eigenvalue weighted by atomic mass is 32.2. The van der Waals surface area contributed by atoms with Crippen molar-refractivity contribution in [3.05, 3.63) is 34.9 Å². The van der Waals surface area contributed by atoms with E-state index in [1.54, 1.807) is 0 Å². The zero-order chi connectivity index (χ0) is 20.8. The Bertz CT molecular complexity index is 835. The van der Waals surface area contributed by atoms with E-state index in [0.717, 1.165) is 36.3 Å². The topological polar surface area (TPSA) is 70.4 Å². The molecule has 0 unspecified atom stereocenters. The first-order chi connectivity index (χ1) is 14.0. The molecule has 1 aromatic carbocycles. The van der Waals surface area contributed by atoms with Gasteiger partial charge in [-0.15, -0.1) is 0 Å². The molecule has 0 bridgehead atoms. The number of nitriles is 1. The van der Waals surface area contributed by atoms with Gasteiger partial charge in [-0.1, -0.05) is 50.1 Å². The summed E-state index contributed by atoms with van der Waals surface area (Å²) in [6.07, 6.45) is 7.48. The van der Waals surface area contributed by atoms with E-state index in [0.29, 0.717) is 10.9 Å². The van der Waals surface area contributed by atoms with Crippen molar-refractivity contribution < 1.29 is 14.3 Å². The van der Waals surface area contributed by atoms with Crippen LogP contribution in [0.4, 0.5) is 5.69 Å². The van der Waals surface area contributed by atoms with Gasteiger partial charge in [0.15, 0.2) is 6.61 Å². The van der Waals surface area contributed by atoms with Crippen molar-refractivity contribution in [1.29, 1.82) is 5.26 Å². The number of benzene rings is 1. The third-order valence-corrected chi connectivity index (χ3v) is 7.07. The summed E-state index contributed by atoms with van der Waals surface area (Å²) in [5, 5.41) is 10.1. The Morgan fingerprint density at radius 1 is 1.24 bits per heavy atom. The van der Waals surface area contributed by atoms with E-state index in [1.165, 1.54) is 31.0 Å². The molecule has 5 nitrogen and oxygen atoms in total. The van der Waals surface area contributed by atoms with Gasteiger partial charge in [-0.2, -0.15) is 5.26 Å². The molecular formula is C23H28N2O3S. The summed E-state index contributed by atoms with van der Waals surface area (Å²) >= 11 is 1.40. The number of ketones is 1. The summed E-state index contributed by atoms with van der Waals surface area (Å²) < 4.78 is 5.31. The summed E-state index contributed by atoms with van der Waals surface area (Å²) in [5.41, 5.74) is 1.01. The van der Waals surface area contributed by atoms with Crippen LogP contribution < -0.4 is 4.90 Å². The van der Waals surface area contributed by atoms with Gasteiger partial charge in [0, 0.05) is 11.9 Å². The number of fused-ring (bicyclic) bond motifs is 1. The minimum absolute atomic E-state index is 0.0461. The highest BCUT2D eigenvalue weighted by Crippen LogP contribution is 2.46. The number of para-hydroxylation sites is 1. The van der Waals surface area contributed by atoms with E-state index in [9.17, 15) is 14.9 Å². The number of carbonyl (C=O) groups is 2. The molecule has 0 atom stereocenters. The Kier molecular flexibility index (Phi) is 7.38. The van der Waals surface area contributed by atoms with Crippen LogP contribution in [0.25, 0.3) is 0 Å². The maximum Gasteiger partial charge on any atom is 0.309 e. The van der Waals surface area contributed by atoms with E-state index in [2.05, 4.69) is 6.92 Å². The standard InChI is InChI=1S/C23H28N2O3S/c1-3-4-7-16-10-12-17(13-11-16)23(27)28-15-20(26)18(14-24)22-25(2)19-8-5-6-9-21(19)29-22/h5-6,8-9,16-17H,3-4,7,10-13,15H2,1-2H3/b22-18-. The molecule has 29 heavy (non-hydrogen) atoms. The minimum atomic E-state index is -0.445. The molecule has 6 heteroatoms. The second kappa shape index (κ2) is 9.98. The summed E-state index contributed by atoms with van der Waals surface area (Å²) in [5.74, 6) is -0.149. The Balaban J connectivity index is 1.55. The molecule has 1 aromatic rings. The molecule has 0 N–H and O–H groups in total. The van der Waals surface area contributed by atoms with Crippen LogP contribution in [0.5, 0.6) is 0 Å². The highest BCUT2D eigenvalue weighted by Gasteiger charge is 2.30. The average Bonchev–Trinajstić information content (AvgIpc) is 3.08. The number of hydrogen-bond donors (Lipinski definition) is 0. The predicted octanol–water partition coefficient (Wildman–Crippen LogP) is 5.07. The molecule has 1 saturated carbocycles. The number of unbranched alkanes of at least 4 members (excludes halogenated alkanes) is 1. The van der Waals surface area contributed by atoms with Gasteiger partial charge in [-0.25, -0.2) is 0 Å². The maximum atomic E-state index is 12.6. The van der Waals surface area contributed by atoms with Crippen molar-refractivity contribution in [3.8, 4) is 6.07 Å².